The minimum atomic E-state index is -3.63. The fraction of sp³-hybridized carbons (Fsp3) is 0.585. The summed E-state index contributed by atoms with van der Waals surface area (Å²) in [5, 5.41) is 17.8. The highest BCUT2D eigenvalue weighted by Crippen LogP contribution is 2.60. The van der Waals surface area contributed by atoms with Crippen LogP contribution in [0, 0.1) is 23.7 Å². The van der Waals surface area contributed by atoms with Crippen LogP contribution in [-0.4, -0.2) is 78.9 Å². The Hall–Kier alpha value is -3.66. The molecule has 2 aromatic carbocycles. The molecule has 5 fully saturated rings. The van der Waals surface area contributed by atoms with Crippen LogP contribution in [0.1, 0.15) is 77.5 Å². The molecule has 3 unspecified atom stereocenters. The van der Waals surface area contributed by atoms with Gasteiger partial charge in [0.1, 0.15) is 12.1 Å². The van der Waals surface area contributed by atoms with E-state index < -0.39 is 74.2 Å². The molecule has 4 aliphatic heterocycles. The molecule has 0 aromatic heterocycles. The lowest BCUT2D eigenvalue weighted by Crippen LogP contribution is -2.70. The van der Waals surface area contributed by atoms with Gasteiger partial charge in [-0.25, -0.2) is 14.6 Å². The third kappa shape index (κ3) is 9.80. The average Bonchev–Trinajstić information content (AvgIpc) is 3.42. The monoisotopic (exact) mass is 813 g/mol. The third-order valence-corrected chi connectivity index (χ3v) is 13.4. The summed E-state index contributed by atoms with van der Waals surface area (Å²) in [6.07, 6.45) is 1.82. The molecule has 4 N–H and O–H groups in total. The maximum atomic E-state index is 14.2. The summed E-state index contributed by atoms with van der Waals surface area (Å²) in [5.41, 5.74) is 0.595. The molecule has 15 nitrogen and oxygen atoms in total. The topological polar surface area (TPSA) is 189 Å². The van der Waals surface area contributed by atoms with Gasteiger partial charge in [0, 0.05) is 30.5 Å². The van der Waals surface area contributed by atoms with Crippen molar-refractivity contribution in [1.29, 1.82) is 0 Å². The number of carbonyl (C=O) groups is 3. The molecule has 1 saturated carbocycles. The standard InChI is InChI=1S/C41H56N3O12P/c1-6-51-57(49,52-7-2)23-21-32(29-16-12-9-13-17-29)42-35(45)33(24-28-14-10-8-11-15-28)43-36(46)34(44-39(47)48)25-50-37-27(4)31-19-18-26(3)30-20-22-40(5)54-38(53-37)41(30,31)56-55-40/h8-17,21,23,26-27,30-34,37-38,44H,6-7,18-20,22,24-25H2,1-5H3,(H,42,45)(H,43,46)(H,47,48)/b23-21+/t26-,27-,30+,31+,32?,33?,34?,37+,38-,40-,41-/m1/s1. The normalized spacial score (nSPS) is 31.0. The smallest absolute Gasteiger partial charge is 0.405 e. The Morgan fingerprint density at radius 3 is 2.23 bits per heavy atom. The molecular formula is C41H56N3O12P. The summed E-state index contributed by atoms with van der Waals surface area (Å²) in [7, 11) is -3.63. The van der Waals surface area contributed by atoms with Crippen molar-refractivity contribution in [2.24, 2.45) is 23.7 Å². The van der Waals surface area contributed by atoms with Crippen molar-refractivity contribution >= 4 is 25.5 Å². The second kappa shape index (κ2) is 18.5. The number of nitrogens with one attached hydrogen (secondary N) is 3. The van der Waals surface area contributed by atoms with Crippen LogP contribution in [0.3, 0.4) is 0 Å². The molecule has 2 aromatic rings. The minimum Gasteiger partial charge on any atom is -0.465 e. The van der Waals surface area contributed by atoms with E-state index >= 15 is 0 Å². The van der Waals surface area contributed by atoms with Crippen LogP contribution in [0.25, 0.3) is 0 Å². The maximum Gasteiger partial charge on any atom is 0.405 e. The van der Waals surface area contributed by atoms with Crippen molar-refractivity contribution in [3.05, 3.63) is 83.7 Å². The summed E-state index contributed by atoms with van der Waals surface area (Å²) in [6.45, 7) is 9.34. The molecule has 2 bridgehead atoms. The van der Waals surface area contributed by atoms with Crippen LogP contribution < -0.4 is 16.0 Å². The van der Waals surface area contributed by atoms with Crippen LogP contribution in [-0.2, 0) is 53.6 Å². The number of benzene rings is 2. The first-order valence-electron chi connectivity index (χ1n) is 19.9. The highest BCUT2D eigenvalue weighted by Gasteiger charge is 2.69. The van der Waals surface area contributed by atoms with E-state index in [4.69, 9.17) is 33.0 Å². The molecular weight excluding hydrogens is 757 g/mol. The summed E-state index contributed by atoms with van der Waals surface area (Å²) in [5.74, 6) is -0.790. The third-order valence-electron chi connectivity index (χ3n) is 11.6. The number of amides is 3. The first kappa shape index (κ1) is 42.9. The number of fused-ring (bicyclic) bond motifs is 2. The van der Waals surface area contributed by atoms with E-state index in [1.165, 1.54) is 11.9 Å². The highest BCUT2D eigenvalue weighted by molar-refractivity contribution is 7.57. The van der Waals surface area contributed by atoms with E-state index in [1.54, 1.807) is 38.1 Å². The van der Waals surface area contributed by atoms with Crippen molar-refractivity contribution < 1.29 is 57.1 Å². The van der Waals surface area contributed by atoms with Crippen LogP contribution in [0.4, 0.5) is 4.79 Å². The summed E-state index contributed by atoms with van der Waals surface area (Å²) in [6, 6.07) is 14.7. The quantitative estimate of drug-likeness (QED) is 0.105. The van der Waals surface area contributed by atoms with Gasteiger partial charge in [0.2, 0.25) is 17.6 Å². The molecule has 312 valence electrons. The van der Waals surface area contributed by atoms with Crippen molar-refractivity contribution in [2.45, 2.75) is 109 Å². The average molecular weight is 814 g/mol. The molecule has 3 amide bonds. The van der Waals surface area contributed by atoms with Gasteiger partial charge in [0.15, 0.2) is 18.2 Å². The molecule has 4 saturated heterocycles. The summed E-state index contributed by atoms with van der Waals surface area (Å²) >= 11 is 0. The maximum absolute atomic E-state index is 14.2. The Morgan fingerprint density at radius 1 is 0.895 bits per heavy atom. The fourth-order valence-corrected chi connectivity index (χ4v) is 10.1. The van der Waals surface area contributed by atoms with E-state index in [1.807, 2.05) is 50.2 Å². The van der Waals surface area contributed by atoms with Crippen molar-refractivity contribution in [3.8, 4) is 0 Å². The molecule has 1 aliphatic carbocycles. The van der Waals surface area contributed by atoms with Crippen LogP contribution in [0.2, 0.25) is 0 Å². The van der Waals surface area contributed by atoms with Gasteiger partial charge >= 0.3 is 13.7 Å². The lowest BCUT2D eigenvalue weighted by Gasteiger charge is -2.60. The molecule has 0 radical (unpaired) electrons. The first-order chi connectivity index (χ1) is 27.3. The number of carboxylic acid groups (broad SMARTS) is 1. The van der Waals surface area contributed by atoms with Gasteiger partial charge in [0.05, 0.1) is 25.9 Å². The lowest BCUT2D eigenvalue weighted by molar-refractivity contribution is -0.577. The van der Waals surface area contributed by atoms with Gasteiger partial charge in [-0.15, -0.1) is 0 Å². The second-order valence-electron chi connectivity index (χ2n) is 15.5. The molecule has 7 rings (SSSR count). The van der Waals surface area contributed by atoms with Gasteiger partial charge in [-0.2, -0.15) is 0 Å². The summed E-state index contributed by atoms with van der Waals surface area (Å²) in [4.78, 5) is 52.4. The summed E-state index contributed by atoms with van der Waals surface area (Å²) < 4.78 is 43.3. The second-order valence-corrected chi connectivity index (χ2v) is 17.4. The minimum absolute atomic E-state index is 0.0497. The van der Waals surface area contributed by atoms with E-state index in [2.05, 4.69) is 22.9 Å². The van der Waals surface area contributed by atoms with Crippen LogP contribution in [0.15, 0.2) is 72.6 Å². The molecule has 1 spiro atoms. The van der Waals surface area contributed by atoms with E-state index in [0.29, 0.717) is 17.9 Å². The zero-order chi connectivity index (χ0) is 40.8. The van der Waals surface area contributed by atoms with Crippen LogP contribution >= 0.6 is 7.60 Å². The fourth-order valence-electron chi connectivity index (χ4n) is 8.75. The predicted molar refractivity (Wildman–Crippen MR) is 207 cm³/mol. The zero-order valence-electron chi connectivity index (χ0n) is 33.2. The Labute approximate surface area is 333 Å². The molecule has 4 heterocycles. The lowest BCUT2D eigenvalue weighted by atomic mass is 9.58. The number of hydrogen-bond acceptors (Lipinski definition) is 11. The number of hydrogen-bond donors (Lipinski definition) is 4. The highest BCUT2D eigenvalue weighted by atomic mass is 31.2. The van der Waals surface area contributed by atoms with E-state index in [0.717, 1.165) is 24.8 Å². The number of ether oxygens (including phenoxy) is 3. The van der Waals surface area contributed by atoms with Gasteiger partial charge in [-0.1, -0.05) is 74.5 Å². The van der Waals surface area contributed by atoms with Gasteiger partial charge in [0.25, 0.3) is 0 Å². The van der Waals surface area contributed by atoms with E-state index in [-0.39, 0.29) is 37.4 Å². The van der Waals surface area contributed by atoms with Crippen LogP contribution in [0.5, 0.6) is 0 Å². The van der Waals surface area contributed by atoms with Crippen molar-refractivity contribution in [1.82, 2.24) is 16.0 Å². The largest absolute Gasteiger partial charge is 0.465 e. The molecule has 57 heavy (non-hydrogen) atoms. The van der Waals surface area contributed by atoms with Crippen molar-refractivity contribution in [2.75, 3.05) is 19.8 Å². The molecule has 16 heteroatoms. The SMILES string of the molecule is CCOP(=O)(/C=C/C(NC(=O)C(Cc1ccccc1)NC(=O)C(CO[C@H]1O[C@@H]2O[C@@]3(C)CC[C@H]4[C@H](C)CC[C@@H]([C@H]1C)[C@@]24OO3)NC(=O)O)c1ccccc1)OCC. The molecule has 11 atom stereocenters. The Morgan fingerprint density at radius 2 is 1.56 bits per heavy atom. The molecule has 5 aliphatic rings. The number of rotatable bonds is 17. The Bertz CT molecular complexity index is 1760. The Balaban J connectivity index is 1.20. The zero-order valence-corrected chi connectivity index (χ0v) is 34.1. The van der Waals surface area contributed by atoms with Gasteiger partial charge < -0.3 is 44.3 Å². The van der Waals surface area contributed by atoms with Gasteiger partial charge in [-0.05, 0) is 69.1 Å². The van der Waals surface area contributed by atoms with E-state index in [9.17, 15) is 24.1 Å². The predicted octanol–water partition coefficient (Wildman–Crippen LogP) is 6.21. The number of carbonyl (C=O) groups excluding carboxylic acids is 2. The Kier molecular flexibility index (Phi) is 13.9. The van der Waals surface area contributed by atoms with Gasteiger partial charge in [-0.3, -0.25) is 14.2 Å². The van der Waals surface area contributed by atoms with Crippen molar-refractivity contribution in [3.63, 3.8) is 0 Å². The first-order valence-corrected chi connectivity index (χ1v) is 21.5.